The molecule has 2 N–H and O–H groups in total. The highest BCUT2D eigenvalue weighted by molar-refractivity contribution is 5.86. The lowest BCUT2D eigenvalue weighted by Gasteiger charge is -2.37. The third-order valence-corrected chi connectivity index (χ3v) is 3.85. The number of piperazine rings is 1. The number of rotatable bonds is 5. The number of nitrogens with zero attached hydrogens (tertiary/aromatic N) is 2. The molecule has 1 saturated heterocycles. The van der Waals surface area contributed by atoms with Crippen molar-refractivity contribution < 1.29 is 9.53 Å². The maximum atomic E-state index is 12.2. The van der Waals surface area contributed by atoms with Crippen LogP contribution < -0.4 is 10.5 Å². The molecule has 0 aliphatic carbocycles. The fraction of sp³-hybridized carbons (Fsp3) is 0.588. The quantitative estimate of drug-likeness (QED) is 0.854. The Morgan fingerprint density at radius 3 is 2.12 bits per heavy atom. The molecule has 1 fully saturated rings. The molecule has 1 aliphatic heterocycles. The Hall–Kier alpha value is -1.01. The second-order valence-corrected chi connectivity index (χ2v) is 6.37. The smallest absolute Gasteiger partial charge is 0.242 e. The Morgan fingerprint density at radius 2 is 1.67 bits per heavy atom. The number of benzene rings is 1. The van der Waals surface area contributed by atoms with Gasteiger partial charge in [-0.3, -0.25) is 9.69 Å². The molecule has 1 aromatic rings. The van der Waals surface area contributed by atoms with Crippen molar-refractivity contribution >= 4 is 30.7 Å². The Kier molecular flexibility index (Phi) is 9.66. The maximum absolute atomic E-state index is 12.2. The molecule has 7 heteroatoms. The number of carbonyl (C=O) groups is 1. The molecular formula is C17H29Cl2N3O2. The van der Waals surface area contributed by atoms with E-state index in [2.05, 4.69) is 17.0 Å². The van der Waals surface area contributed by atoms with Crippen molar-refractivity contribution in [3.05, 3.63) is 29.8 Å². The summed E-state index contributed by atoms with van der Waals surface area (Å²) in [4.78, 5) is 16.4. The number of halogens is 2. The first kappa shape index (κ1) is 23.0. The van der Waals surface area contributed by atoms with E-state index in [9.17, 15) is 4.79 Å². The first-order valence-electron chi connectivity index (χ1n) is 7.92. The summed E-state index contributed by atoms with van der Waals surface area (Å²) >= 11 is 0. The van der Waals surface area contributed by atoms with E-state index in [1.807, 2.05) is 24.0 Å². The molecule has 1 heterocycles. The van der Waals surface area contributed by atoms with Crippen LogP contribution in [0.2, 0.25) is 0 Å². The van der Waals surface area contributed by atoms with E-state index >= 15 is 0 Å². The SMILES string of the molecule is CCOc1ccc(CN2CCN(C(=O)C(C)(C)N)CC2)cc1.Cl.Cl. The van der Waals surface area contributed by atoms with Gasteiger partial charge in [-0.2, -0.15) is 0 Å². The van der Waals surface area contributed by atoms with Crippen LogP contribution in [0.15, 0.2) is 24.3 Å². The highest BCUT2D eigenvalue weighted by Gasteiger charge is 2.30. The molecule has 24 heavy (non-hydrogen) atoms. The third kappa shape index (κ3) is 6.48. The summed E-state index contributed by atoms with van der Waals surface area (Å²) in [5.74, 6) is 0.945. The van der Waals surface area contributed by atoms with Crippen molar-refractivity contribution in [3.8, 4) is 5.75 Å². The number of ether oxygens (including phenoxy) is 1. The van der Waals surface area contributed by atoms with Crippen LogP contribution in [0.4, 0.5) is 0 Å². The minimum atomic E-state index is -0.780. The fourth-order valence-electron chi connectivity index (χ4n) is 2.63. The molecule has 1 amide bonds. The lowest BCUT2D eigenvalue weighted by Crippen LogP contribution is -2.56. The van der Waals surface area contributed by atoms with Crippen LogP contribution in [0, 0.1) is 0 Å². The lowest BCUT2D eigenvalue weighted by atomic mass is 10.0. The highest BCUT2D eigenvalue weighted by atomic mass is 35.5. The number of hydrogen-bond donors (Lipinski definition) is 1. The maximum Gasteiger partial charge on any atom is 0.242 e. The van der Waals surface area contributed by atoms with Crippen molar-refractivity contribution in [1.29, 1.82) is 0 Å². The van der Waals surface area contributed by atoms with Gasteiger partial charge in [0.2, 0.25) is 5.91 Å². The van der Waals surface area contributed by atoms with Crippen LogP contribution in [-0.2, 0) is 11.3 Å². The van der Waals surface area contributed by atoms with Gasteiger partial charge in [-0.25, -0.2) is 0 Å². The minimum absolute atomic E-state index is 0. The Bertz CT molecular complexity index is 496. The average Bonchev–Trinajstić information content (AvgIpc) is 2.49. The molecule has 0 radical (unpaired) electrons. The van der Waals surface area contributed by atoms with E-state index in [1.54, 1.807) is 13.8 Å². The molecule has 0 spiro atoms. The summed E-state index contributed by atoms with van der Waals surface area (Å²) in [6, 6.07) is 8.22. The topological polar surface area (TPSA) is 58.8 Å². The van der Waals surface area contributed by atoms with E-state index in [1.165, 1.54) is 5.56 Å². The summed E-state index contributed by atoms with van der Waals surface area (Å²) in [5.41, 5.74) is 6.38. The molecule has 5 nitrogen and oxygen atoms in total. The van der Waals surface area contributed by atoms with Crippen LogP contribution in [-0.4, -0.2) is 54.0 Å². The molecule has 0 atom stereocenters. The Morgan fingerprint density at radius 1 is 1.12 bits per heavy atom. The first-order chi connectivity index (χ1) is 10.4. The van der Waals surface area contributed by atoms with Crippen molar-refractivity contribution in [2.45, 2.75) is 32.9 Å². The molecule has 0 bridgehead atoms. The van der Waals surface area contributed by atoms with Crippen LogP contribution in [0.25, 0.3) is 0 Å². The molecule has 0 unspecified atom stereocenters. The first-order valence-corrected chi connectivity index (χ1v) is 7.92. The van der Waals surface area contributed by atoms with E-state index in [4.69, 9.17) is 10.5 Å². The van der Waals surface area contributed by atoms with Gasteiger partial charge < -0.3 is 15.4 Å². The zero-order valence-corrected chi connectivity index (χ0v) is 16.3. The van der Waals surface area contributed by atoms with Gasteiger partial charge in [0.15, 0.2) is 0 Å². The van der Waals surface area contributed by atoms with Crippen LogP contribution >= 0.6 is 24.8 Å². The van der Waals surface area contributed by atoms with Crippen molar-refractivity contribution in [3.63, 3.8) is 0 Å². The molecule has 1 aliphatic rings. The molecule has 138 valence electrons. The van der Waals surface area contributed by atoms with Gasteiger partial charge in [0.25, 0.3) is 0 Å². The van der Waals surface area contributed by atoms with E-state index in [-0.39, 0.29) is 30.7 Å². The van der Waals surface area contributed by atoms with Crippen molar-refractivity contribution in [2.24, 2.45) is 5.73 Å². The predicted molar refractivity (Wildman–Crippen MR) is 102 cm³/mol. The van der Waals surface area contributed by atoms with E-state index in [0.29, 0.717) is 6.61 Å². The van der Waals surface area contributed by atoms with Crippen molar-refractivity contribution in [1.82, 2.24) is 9.80 Å². The molecule has 0 saturated carbocycles. The van der Waals surface area contributed by atoms with Gasteiger partial charge in [0.1, 0.15) is 5.75 Å². The average molecular weight is 378 g/mol. The van der Waals surface area contributed by atoms with Gasteiger partial charge in [-0.1, -0.05) is 12.1 Å². The summed E-state index contributed by atoms with van der Waals surface area (Å²) < 4.78 is 5.45. The van der Waals surface area contributed by atoms with Crippen LogP contribution in [0.1, 0.15) is 26.3 Å². The number of carbonyl (C=O) groups excluding carboxylic acids is 1. The number of nitrogens with two attached hydrogens (primary N) is 1. The van der Waals surface area contributed by atoms with E-state index in [0.717, 1.165) is 38.5 Å². The van der Waals surface area contributed by atoms with Gasteiger partial charge in [0, 0.05) is 32.7 Å². The number of amides is 1. The van der Waals surface area contributed by atoms with Gasteiger partial charge in [-0.15, -0.1) is 24.8 Å². The summed E-state index contributed by atoms with van der Waals surface area (Å²) in [6.07, 6.45) is 0. The predicted octanol–water partition coefficient (Wildman–Crippen LogP) is 2.31. The molecule has 1 aromatic carbocycles. The van der Waals surface area contributed by atoms with Gasteiger partial charge in [0.05, 0.1) is 12.1 Å². The highest BCUT2D eigenvalue weighted by Crippen LogP contribution is 2.15. The Labute approximate surface area is 157 Å². The van der Waals surface area contributed by atoms with Gasteiger partial charge in [-0.05, 0) is 38.5 Å². The monoisotopic (exact) mass is 377 g/mol. The van der Waals surface area contributed by atoms with Crippen LogP contribution in [0.3, 0.4) is 0 Å². The largest absolute Gasteiger partial charge is 0.494 e. The number of hydrogen-bond acceptors (Lipinski definition) is 4. The van der Waals surface area contributed by atoms with E-state index < -0.39 is 5.54 Å². The second-order valence-electron chi connectivity index (χ2n) is 6.37. The standard InChI is InChI=1S/C17H27N3O2.2ClH/c1-4-22-15-7-5-14(6-8-15)13-19-9-11-20(12-10-19)16(21)17(2,3)18;;/h5-8H,4,9-13,18H2,1-3H3;2*1H. The Balaban J connectivity index is 0.00000264. The summed E-state index contributed by atoms with van der Waals surface area (Å²) in [6.45, 7) is 10.4. The molecule has 2 rings (SSSR count). The molecule has 0 aromatic heterocycles. The summed E-state index contributed by atoms with van der Waals surface area (Å²) in [7, 11) is 0. The van der Waals surface area contributed by atoms with Crippen LogP contribution in [0.5, 0.6) is 5.75 Å². The normalized spacial score (nSPS) is 15.2. The second kappa shape index (κ2) is 10.1. The zero-order valence-electron chi connectivity index (χ0n) is 14.7. The van der Waals surface area contributed by atoms with Crippen molar-refractivity contribution in [2.75, 3.05) is 32.8 Å². The third-order valence-electron chi connectivity index (χ3n) is 3.85. The summed E-state index contributed by atoms with van der Waals surface area (Å²) in [5, 5.41) is 0. The minimum Gasteiger partial charge on any atom is -0.494 e. The lowest BCUT2D eigenvalue weighted by molar-refractivity contribution is -0.137. The molecular weight excluding hydrogens is 349 g/mol. The fourth-order valence-corrected chi connectivity index (χ4v) is 2.63. The zero-order chi connectivity index (χ0) is 16.2. The van der Waals surface area contributed by atoms with Gasteiger partial charge >= 0.3 is 0 Å².